The normalized spacial score (nSPS) is 11.4. The maximum Gasteiger partial charge on any atom is 0.122 e. The number of rotatable bonds is 5. The molecule has 0 fully saturated rings. The molecule has 1 aromatic carbocycles. The van der Waals surface area contributed by atoms with Gasteiger partial charge in [0.25, 0.3) is 0 Å². The van der Waals surface area contributed by atoms with E-state index in [4.69, 9.17) is 10.00 Å². The summed E-state index contributed by atoms with van der Waals surface area (Å²) in [7, 11) is 0. The molecule has 0 bridgehead atoms. The Kier molecular flexibility index (Phi) is 5.22. The highest BCUT2D eigenvalue weighted by Crippen LogP contribution is 2.30. The Morgan fingerprint density at radius 3 is 2.61 bits per heavy atom. The van der Waals surface area contributed by atoms with Crippen LogP contribution in [0.4, 0.5) is 0 Å². The smallest absolute Gasteiger partial charge is 0.122 e. The summed E-state index contributed by atoms with van der Waals surface area (Å²) in [6.45, 7) is 8.73. The second-order valence-corrected chi connectivity index (χ2v) is 6.35. The van der Waals surface area contributed by atoms with Crippen molar-refractivity contribution in [3.8, 4) is 11.8 Å². The SMILES string of the molecule is CC(C)c1cc(Br)ccc1OCCC(C)(C)C#N. The Morgan fingerprint density at radius 1 is 1.39 bits per heavy atom. The minimum atomic E-state index is -0.326. The minimum Gasteiger partial charge on any atom is -0.493 e. The molecule has 0 atom stereocenters. The average molecular weight is 310 g/mol. The standard InChI is InChI=1S/C15H20BrNO/c1-11(2)13-9-12(16)5-6-14(13)18-8-7-15(3,4)10-17/h5-6,9,11H,7-8H2,1-4H3. The van der Waals surface area contributed by atoms with Gasteiger partial charge in [-0.15, -0.1) is 0 Å². The Hall–Kier alpha value is -1.01. The number of ether oxygens (including phenoxy) is 1. The second-order valence-electron chi connectivity index (χ2n) is 5.43. The van der Waals surface area contributed by atoms with Crippen molar-refractivity contribution in [3.63, 3.8) is 0 Å². The number of hydrogen-bond donors (Lipinski definition) is 0. The lowest BCUT2D eigenvalue weighted by molar-refractivity contribution is 0.261. The van der Waals surface area contributed by atoms with Gasteiger partial charge in [0.1, 0.15) is 5.75 Å². The fourth-order valence-electron chi connectivity index (χ4n) is 1.57. The first-order valence-electron chi connectivity index (χ1n) is 6.19. The van der Waals surface area contributed by atoms with E-state index in [1.807, 2.05) is 26.0 Å². The summed E-state index contributed by atoms with van der Waals surface area (Å²) >= 11 is 3.48. The first-order chi connectivity index (χ1) is 8.35. The summed E-state index contributed by atoms with van der Waals surface area (Å²) in [6.07, 6.45) is 0.733. The van der Waals surface area contributed by atoms with Crippen molar-refractivity contribution in [3.05, 3.63) is 28.2 Å². The Labute approximate surface area is 118 Å². The zero-order valence-corrected chi connectivity index (χ0v) is 13.0. The lowest BCUT2D eigenvalue weighted by atomic mass is 9.92. The Bertz CT molecular complexity index is 446. The van der Waals surface area contributed by atoms with Crippen LogP contribution in [0, 0.1) is 16.7 Å². The average Bonchev–Trinajstić information content (AvgIpc) is 2.30. The zero-order valence-electron chi connectivity index (χ0n) is 11.5. The molecule has 18 heavy (non-hydrogen) atoms. The Morgan fingerprint density at radius 2 is 2.06 bits per heavy atom. The van der Waals surface area contributed by atoms with E-state index in [-0.39, 0.29) is 5.41 Å². The van der Waals surface area contributed by atoms with Crippen LogP contribution < -0.4 is 4.74 Å². The van der Waals surface area contributed by atoms with Gasteiger partial charge in [0.05, 0.1) is 18.1 Å². The third-order valence-electron chi connectivity index (χ3n) is 2.88. The number of halogens is 1. The molecule has 0 spiro atoms. The fourth-order valence-corrected chi connectivity index (χ4v) is 1.95. The summed E-state index contributed by atoms with van der Waals surface area (Å²) in [5.74, 6) is 1.34. The molecule has 0 saturated carbocycles. The van der Waals surface area contributed by atoms with Crippen molar-refractivity contribution in [1.82, 2.24) is 0 Å². The summed E-state index contributed by atoms with van der Waals surface area (Å²) in [5, 5.41) is 8.96. The summed E-state index contributed by atoms with van der Waals surface area (Å²) in [5.41, 5.74) is 0.868. The molecule has 0 saturated heterocycles. The number of nitriles is 1. The van der Waals surface area contributed by atoms with Gasteiger partial charge in [0.15, 0.2) is 0 Å². The molecular formula is C15H20BrNO. The quantitative estimate of drug-likeness (QED) is 0.775. The van der Waals surface area contributed by atoms with Crippen LogP contribution in [-0.2, 0) is 0 Å². The van der Waals surface area contributed by atoms with E-state index >= 15 is 0 Å². The van der Waals surface area contributed by atoms with Crippen LogP contribution in [0.2, 0.25) is 0 Å². The molecule has 0 heterocycles. The maximum atomic E-state index is 8.96. The number of nitrogens with zero attached hydrogens (tertiary/aromatic N) is 1. The van der Waals surface area contributed by atoms with Gasteiger partial charge in [-0.2, -0.15) is 5.26 Å². The van der Waals surface area contributed by atoms with Crippen LogP contribution in [0.5, 0.6) is 5.75 Å². The van der Waals surface area contributed by atoms with Crippen molar-refractivity contribution >= 4 is 15.9 Å². The zero-order chi connectivity index (χ0) is 13.8. The van der Waals surface area contributed by atoms with Gasteiger partial charge in [-0.05, 0) is 49.9 Å². The van der Waals surface area contributed by atoms with E-state index in [1.165, 1.54) is 5.56 Å². The molecule has 1 rings (SSSR count). The monoisotopic (exact) mass is 309 g/mol. The number of benzene rings is 1. The third-order valence-corrected chi connectivity index (χ3v) is 3.37. The van der Waals surface area contributed by atoms with E-state index in [9.17, 15) is 0 Å². The van der Waals surface area contributed by atoms with E-state index in [1.54, 1.807) is 0 Å². The molecule has 3 heteroatoms. The van der Waals surface area contributed by atoms with Crippen LogP contribution in [0.15, 0.2) is 22.7 Å². The van der Waals surface area contributed by atoms with Gasteiger partial charge in [-0.1, -0.05) is 29.8 Å². The van der Waals surface area contributed by atoms with E-state index in [0.29, 0.717) is 12.5 Å². The minimum absolute atomic E-state index is 0.326. The van der Waals surface area contributed by atoms with Gasteiger partial charge in [-0.25, -0.2) is 0 Å². The third kappa shape index (κ3) is 4.34. The van der Waals surface area contributed by atoms with E-state index in [0.717, 1.165) is 16.6 Å². The van der Waals surface area contributed by atoms with Crippen LogP contribution in [-0.4, -0.2) is 6.61 Å². The van der Waals surface area contributed by atoms with Crippen molar-refractivity contribution in [2.75, 3.05) is 6.61 Å². The van der Waals surface area contributed by atoms with Crippen molar-refractivity contribution < 1.29 is 4.74 Å². The summed E-state index contributed by atoms with van der Waals surface area (Å²) in [4.78, 5) is 0. The van der Waals surface area contributed by atoms with Crippen molar-refractivity contribution in [2.24, 2.45) is 5.41 Å². The van der Waals surface area contributed by atoms with E-state index < -0.39 is 0 Å². The van der Waals surface area contributed by atoms with Crippen LogP contribution >= 0.6 is 15.9 Å². The molecule has 0 radical (unpaired) electrons. The molecule has 0 amide bonds. The highest BCUT2D eigenvalue weighted by molar-refractivity contribution is 9.10. The van der Waals surface area contributed by atoms with Crippen molar-refractivity contribution in [2.45, 2.75) is 40.0 Å². The second kappa shape index (κ2) is 6.24. The van der Waals surface area contributed by atoms with Gasteiger partial charge in [0.2, 0.25) is 0 Å². The Balaban J connectivity index is 2.71. The largest absolute Gasteiger partial charge is 0.493 e. The molecule has 0 aliphatic rings. The topological polar surface area (TPSA) is 33.0 Å². The van der Waals surface area contributed by atoms with Gasteiger partial charge < -0.3 is 4.74 Å². The van der Waals surface area contributed by atoms with Crippen LogP contribution in [0.25, 0.3) is 0 Å². The molecular weight excluding hydrogens is 290 g/mol. The molecule has 0 aromatic heterocycles. The summed E-state index contributed by atoms with van der Waals surface area (Å²) in [6, 6.07) is 8.35. The molecule has 2 nitrogen and oxygen atoms in total. The summed E-state index contributed by atoms with van der Waals surface area (Å²) < 4.78 is 6.88. The van der Waals surface area contributed by atoms with Gasteiger partial charge >= 0.3 is 0 Å². The predicted molar refractivity (Wildman–Crippen MR) is 77.7 cm³/mol. The highest BCUT2D eigenvalue weighted by atomic mass is 79.9. The lowest BCUT2D eigenvalue weighted by Gasteiger charge is -2.18. The first kappa shape index (κ1) is 15.0. The molecule has 0 unspecified atom stereocenters. The maximum absolute atomic E-state index is 8.96. The molecule has 0 aliphatic heterocycles. The van der Waals surface area contributed by atoms with Gasteiger partial charge in [-0.3, -0.25) is 0 Å². The fraction of sp³-hybridized carbons (Fsp3) is 0.533. The predicted octanol–water partition coefficient (Wildman–Crippen LogP) is 4.89. The first-order valence-corrected chi connectivity index (χ1v) is 6.98. The molecule has 1 aromatic rings. The van der Waals surface area contributed by atoms with Crippen LogP contribution in [0.1, 0.15) is 45.6 Å². The van der Waals surface area contributed by atoms with E-state index in [2.05, 4.69) is 41.9 Å². The van der Waals surface area contributed by atoms with Gasteiger partial charge in [0, 0.05) is 4.47 Å². The number of hydrogen-bond acceptors (Lipinski definition) is 2. The highest BCUT2D eigenvalue weighted by Gasteiger charge is 2.17. The molecule has 0 aliphatic carbocycles. The van der Waals surface area contributed by atoms with Crippen molar-refractivity contribution in [1.29, 1.82) is 5.26 Å². The van der Waals surface area contributed by atoms with Crippen LogP contribution in [0.3, 0.4) is 0 Å². The lowest BCUT2D eigenvalue weighted by Crippen LogP contribution is -2.13. The molecule has 0 N–H and O–H groups in total. The molecule has 98 valence electrons.